The topological polar surface area (TPSA) is 98.4 Å². The molecule has 0 aliphatic carbocycles. The Kier molecular flexibility index (Phi) is 6.97. The second kappa shape index (κ2) is 10.4. The fraction of sp³-hybridized carbons (Fsp3) is 0.200. The van der Waals surface area contributed by atoms with Gasteiger partial charge in [-0.2, -0.15) is 0 Å². The molecule has 39 heavy (non-hydrogen) atoms. The molecule has 0 fully saturated rings. The van der Waals surface area contributed by atoms with Crippen LogP contribution in [0, 0.1) is 0 Å². The molecule has 3 aromatic carbocycles. The summed E-state index contributed by atoms with van der Waals surface area (Å²) in [5, 5.41) is 12.0. The van der Waals surface area contributed by atoms with Gasteiger partial charge in [0.1, 0.15) is 11.5 Å². The fourth-order valence-electron chi connectivity index (χ4n) is 4.64. The van der Waals surface area contributed by atoms with E-state index in [2.05, 4.69) is 0 Å². The van der Waals surface area contributed by atoms with Crippen molar-refractivity contribution in [2.24, 2.45) is 0 Å². The number of benzene rings is 3. The standard InChI is InChI=1S/C30H26ClNO7/c1-16(2)38-22-9-5-17(6-10-22)26-25(28(34)30(35)32(26)20-7-11-21(36-3)12-8-20)27(33)23-14-18-13-19(31)15-24(37-4)29(18)39-23/h5-16,26,34H,1-4H3. The minimum atomic E-state index is -0.940. The number of carbonyl (C=O) groups is 2. The highest BCUT2D eigenvalue weighted by atomic mass is 35.5. The van der Waals surface area contributed by atoms with Crippen molar-refractivity contribution in [1.29, 1.82) is 0 Å². The first-order valence-corrected chi connectivity index (χ1v) is 12.6. The number of furan rings is 1. The van der Waals surface area contributed by atoms with Crippen LogP contribution in [0.4, 0.5) is 5.69 Å². The van der Waals surface area contributed by atoms with E-state index in [1.807, 2.05) is 13.8 Å². The highest BCUT2D eigenvalue weighted by Crippen LogP contribution is 2.43. The molecule has 1 aromatic heterocycles. The minimum absolute atomic E-state index is 0.0284. The van der Waals surface area contributed by atoms with Crippen LogP contribution in [0.5, 0.6) is 17.2 Å². The lowest BCUT2D eigenvalue weighted by atomic mass is 9.94. The lowest BCUT2D eigenvalue weighted by molar-refractivity contribution is -0.117. The summed E-state index contributed by atoms with van der Waals surface area (Å²) in [4.78, 5) is 28.8. The number of anilines is 1. The molecule has 8 nitrogen and oxygen atoms in total. The van der Waals surface area contributed by atoms with Crippen LogP contribution in [0.3, 0.4) is 0 Å². The fourth-order valence-corrected chi connectivity index (χ4v) is 4.86. The number of aliphatic hydroxyl groups excluding tert-OH is 1. The van der Waals surface area contributed by atoms with Gasteiger partial charge >= 0.3 is 0 Å². The maximum atomic E-state index is 13.9. The molecule has 1 aliphatic rings. The molecule has 4 aromatic rings. The smallest absolute Gasteiger partial charge is 0.294 e. The minimum Gasteiger partial charge on any atom is -0.503 e. The Bertz CT molecular complexity index is 1590. The summed E-state index contributed by atoms with van der Waals surface area (Å²) in [6.07, 6.45) is -0.0284. The van der Waals surface area contributed by atoms with Gasteiger partial charge in [-0.05, 0) is 67.9 Å². The van der Waals surface area contributed by atoms with Crippen LogP contribution in [0.25, 0.3) is 11.0 Å². The molecular weight excluding hydrogens is 522 g/mol. The third-order valence-electron chi connectivity index (χ3n) is 6.36. The summed E-state index contributed by atoms with van der Waals surface area (Å²) >= 11 is 6.19. The molecule has 200 valence electrons. The zero-order chi connectivity index (χ0) is 27.8. The zero-order valence-corrected chi connectivity index (χ0v) is 22.5. The Morgan fingerprint density at radius 1 is 0.974 bits per heavy atom. The Balaban J connectivity index is 1.62. The number of aliphatic hydroxyl groups is 1. The Hall–Kier alpha value is -4.43. The molecule has 0 saturated heterocycles. The van der Waals surface area contributed by atoms with Gasteiger partial charge in [0, 0.05) is 22.2 Å². The summed E-state index contributed by atoms with van der Waals surface area (Å²) in [6.45, 7) is 3.84. The summed E-state index contributed by atoms with van der Waals surface area (Å²) < 4.78 is 22.2. The molecular formula is C30H26ClNO7. The molecule has 0 spiro atoms. The maximum absolute atomic E-state index is 13.9. The van der Waals surface area contributed by atoms with E-state index in [1.54, 1.807) is 67.8 Å². The van der Waals surface area contributed by atoms with Gasteiger partial charge in [-0.3, -0.25) is 14.5 Å². The van der Waals surface area contributed by atoms with E-state index in [0.29, 0.717) is 44.5 Å². The Morgan fingerprint density at radius 2 is 1.64 bits per heavy atom. The van der Waals surface area contributed by atoms with Crippen molar-refractivity contribution in [3.05, 3.63) is 94.4 Å². The van der Waals surface area contributed by atoms with Crippen molar-refractivity contribution >= 4 is 39.9 Å². The van der Waals surface area contributed by atoms with E-state index in [0.717, 1.165) is 0 Å². The van der Waals surface area contributed by atoms with Crippen molar-refractivity contribution < 1.29 is 33.3 Å². The van der Waals surface area contributed by atoms with Crippen LogP contribution in [0.1, 0.15) is 36.0 Å². The highest BCUT2D eigenvalue weighted by molar-refractivity contribution is 6.31. The largest absolute Gasteiger partial charge is 0.503 e. The quantitative estimate of drug-likeness (QED) is 0.246. The van der Waals surface area contributed by atoms with Gasteiger partial charge in [0.2, 0.25) is 5.78 Å². The Morgan fingerprint density at radius 3 is 2.26 bits per heavy atom. The molecule has 1 atom stereocenters. The van der Waals surface area contributed by atoms with Crippen LogP contribution >= 0.6 is 11.6 Å². The number of hydrogen-bond acceptors (Lipinski definition) is 7. The molecule has 1 amide bonds. The number of nitrogens with zero attached hydrogens (tertiary/aromatic N) is 1. The summed E-state index contributed by atoms with van der Waals surface area (Å²) in [7, 11) is 3.01. The first-order valence-electron chi connectivity index (χ1n) is 12.2. The number of ether oxygens (including phenoxy) is 3. The average Bonchev–Trinajstić information content (AvgIpc) is 3.47. The van der Waals surface area contributed by atoms with Gasteiger partial charge < -0.3 is 23.7 Å². The molecule has 0 bridgehead atoms. The van der Waals surface area contributed by atoms with Crippen molar-refractivity contribution in [3.8, 4) is 17.2 Å². The van der Waals surface area contributed by atoms with Crippen molar-refractivity contribution in [2.45, 2.75) is 26.0 Å². The zero-order valence-electron chi connectivity index (χ0n) is 21.7. The van der Waals surface area contributed by atoms with E-state index in [1.165, 1.54) is 18.1 Å². The van der Waals surface area contributed by atoms with Crippen LogP contribution in [0.15, 0.2) is 82.5 Å². The second-order valence-electron chi connectivity index (χ2n) is 9.24. The second-order valence-corrected chi connectivity index (χ2v) is 9.68. The van der Waals surface area contributed by atoms with Crippen LogP contribution in [0.2, 0.25) is 5.02 Å². The number of carbonyl (C=O) groups excluding carboxylic acids is 2. The average molecular weight is 548 g/mol. The van der Waals surface area contributed by atoms with Crippen LogP contribution < -0.4 is 19.1 Å². The van der Waals surface area contributed by atoms with Crippen LogP contribution in [-0.2, 0) is 4.79 Å². The third-order valence-corrected chi connectivity index (χ3v) is 6.58. The third kappa shape index (κ3) is 4.79. The summed E-state index contributed by atoms with van der Waals surface area (Å²) in [5.41, 5.74) is 1.28. The van der Waals surface area contributed by atoms with E-state index in [4.69, 9.17) is 30.2 Å². The highest BCUT2D eigenvalue weighted by Gasteiger charge is 2.45. The first kappa shape index (κ1) is 26.2. The SMILES string of the molecule is COc1ccc(N2C(=O)C(O)=C(C(=O)c3cc4cc(Cl)cc(OC)c4o3)C2c2ccc(OC(C)C)cc2)cc1. The number of rotatable bonds is 8. The number of halogens is 1. The normalized spacial score (nSPS) is 15.4. The molecule has 1 unspecified atom stereocenters. The predicted octanol–water partition coefficient (Wildman–Crippen LogP) is 6.67. The van der Waals surface area contributed by atoms with Crippen LogP contribution in [-0.4, -0.2) is 37.1 Å². The molecule has 0 saturated carbocycles. The number of ketones is 1. The number of hydrogen-bond donors (Lipinski definition) is 1. The maximum Gasteiger partial charge on any atom is 0.294 e. The number of methoxy groups -OCH3 is 2. The van der Waals surface area contributed by atoms with Gasteiger partial charge in [0.25, 0.3) is 5.91 Å². The number of fused-ring (bicyclic) bond motifs is 1. The van der Waals surface area contributed by atoms with E-state index < -0.39 is 23.5 Å². The van der Waals surface area contributed by atoms with Gasteiger partial charge in [-0.15, -0.1) is 0 Å². The van der Waals surface area contributed by atoms with Gasteiger partial charge in [-0.25, -0.2) is 0 Å². The first-order chi connectivity index (χ1) is 18.7. The van der Waals surface area contributed by atoms with Crippen molar-refractivity contribution in [1.82, 2.24) is 0 Å². The molecule has 1 N–H and O–H groups in total. The number of Topliss-reactive ketones (excluding diaryl/α,β-unsaturated/α-hetero) is 1. The molecule has 2 heterocycles. The van der Waals surface area contributed by atoms with Crippen molar-refractivity contribution in [2.75, 3.05) is 19.1 Å². The van der Waals surface area contributed by atoms with Crippen molar-refractivity contribution in [3.63, 3.8) is 0 Å². The lowest BCUT2D eigenvalue weighted by Gasteiger charge is -2.27. The molecule has 5 rings (SSSR count). The molecule has 0 radical (unpaired) electrons. The molecule has 9 heteroatoms. The van der Waals surface area contributed by atoms with Gasteiger partial charge in [0.05, 0.1) is 31.9 Å². The van der Waals surface area contributed by atoms with E-state index in [9.17, 15) is 14.7 Å². The van der Waals surface area contributed by atoms with E-state index >= 15 is 0 Å². The lowest BCUT2D eigenvalue weighted by Crippen LogP contribution is -2.31. The molecule has 1 aliphatic heterocycles. The van der Waals surface area contributed by atoms with E-state index in [-0.39, 0.29) is 17.4 Å². The number of amides is 1. The summed E-state index contributed by atoms with van der Waals surface area (Å²) in [6, 6.07) is 17.6. The summed E-state index contributed by atoms with van der Waals surface area (Å²) in [5.74, 6) is -0.493. The Labute approximate surface area is 229 Å². The van der Waals surface area contributed by atoms with Gasteiger partial charge in [0.15, 0.2) is 22.9 Å². The van der Waals surface area contributed by atoms with Gasteiger partial charge in [-0.1, -0.05) is 23.7 Å². The predicted molar refractivity (Wildman–Crippen MR) is 147 cm³/mol. The monoisotopic (exact) mass is 547 g/mol.